The lowest BCUT2D eigenvalue weighted by Gasteiger charge is -2.09. The summed E-state index contributed by atoms with van der Waals surface area (Å²) in [7, 11) is 0. The van der Waals surface area contributed by atoms with Crippen molar-refractivity contribution < 1.29 is 4.79 Å². The lowest BCUT2D eigenvalue weighted by molar-refractivity contribution is -0.116. The largest absolute Gasteiger partial charge is 0.310 e. The maximum absolute atomic E-state index is 11.6. The van der Waals surface area contributed by atoms with Crippen molar-refractivity contribution in [3.05, 3.63) is 47.7 Å². The lowest BCUT2D eigenvalue weighted by Crippen LogP contribution is -2.08. The van der Waals surface area contributed by atoms with Crippen molar-refractivity contribution in [1.82, 2.24) is 4.98 Å². The fraction of sp³-hybridized carbons (Fsp3) is 0.200. The van der Waals surface area contributed by atoms with E-state index >= 15 is 0 Å². The predicted molar refractivity (Wildman–Crippen MR) is 71.5 cm³/mol. The van der Waals surface area contributed by atoms with Crippen molar-refractivity contribution >= 4 is 11.7 Å². The minimum absolute atomic E-state index is 0.0297. The molecule has 1 aromatic heterocycles. The quantitative estimate of drug-likeness (QED) is 0.829. The Bertz CT molecular complexity index is 620. The molecule has 1 aliphatic rings. The average molecular weight is 238 g/mol. The zero-order valence-electron chi connectivity index (χ0n) is 10.4. The summed E-state index contributed by atoms with van der Waals surface area (Å²) in [5.41, 5.74) is 4.16. The number of aryl methyl sites for hydroxylation is 1. The molecule has 3 nitrogen and oxygen atoms in total. The minimum Gasteiger partial charge on any atom is -0.310 e. The van der Waals surface area contributed by atoms with E-state index in [0.717, 1.165) is 22.4 Å². The number of pyridine rings is 1. The molecule has 1 aromatic carbocycles. The van der Waals surface area contributed by atoms with Crippen molar-refractivity contribution in [3.8, 4) is 11.1 Å². The first-order valence-electron chi connectivity index (χ1n) is 6.04. The number of carbonyl (C=O) groups excluding carboxylic acids is 1. The molecule has 2 aromatic rings. The molecule has 0 spiro atoms. The monoisotopic (exact) mass is 238 g/mol. The van der Waals surface area contributed by atoms with Crippen LogP contribution in [-0.4, -0.2) is 10.9 Å². The van der Waals surface area contributed by atoms with Gasteiger partial charge in [-0.15, -0.1) is 0 Å². The van der Waals surface area contributed by atoms with Crippen molar-refractivity contribution in [1.29, 1.82) is 0 Å². The van der Waals surface area contributed by atoms with Crippen molar-refractivity contribution in [2.24, 2.45) is 0 Å². The van der Waals surface area contributed by atoms with Gasteiger partial charge in [0, 0.05) is 16.8 Å². The number of carbonyl (C=O) groups is 1. The number of nitrogens with zero attached hydrogens (tertiary/aromatic N) is 1. The van der Waals surface area contributed by atoms with E-state index < -0.39 is 0 Å². The molecule has 0 saturated carbocycles. The third-order valence-corrected chi connectivity index (χ3v) is 3.43. The van der Waals surface area contributed by atoms with E-state index in [9.17, 15) is 4.79 Å². The van der Waals surface area contributed by atoms with Crippen LogP contribution < -0.4 is 5.32 Å². The number of fused-ring (bicyclic) bond motifs is 1. The molecule has 90 valence electrons. The van der Waals surface area contributed by atoms with Gasteiger partial charge in [0.25, 0.3) is 0 Å². The summed E-state index contributed by atoms with van der Waals surface area (Å²) in [5, 5.41) is 2.82. The number of amides is 1. The molecule has 0 aliphatic carbocycles. The minimum atomic E-state index is -0.115. The number of aromatic nitrogens is 1. The van der Waals surface area contributed by atoms with Gasteiger partial charge in [-0.25, -0.2) is 4.98 Å². The normalized spacial score (nSPS) is 17.4. The second-order valence-electron chi connectivity index (χ2n) is 4.64. The van der Waals surface area contributed by atoms with Crippen LogP contribution in [0.25, 0.3) is 11.1 Å². The summed E-state index contributed by atoms with van der Waals surface area (Å²) in [6, 6.07) is 12.2. The molecule has 1 aliphatic heterocycles. The Balaban J connectivity index is 2.17. The highest BCUT2D eigenvalue weighted by atomic mass is 16.2. The van der Waals surface area contributed by atoms with Crippen LogP contribution in [0.1, 0.15) is 24.1 Å². The molecule has 1 N–H and O–H groups in total. The molecule has 18 heavy (non-hydrogen) atoms. The Morgan fingerprint density at radius 2 is 1.94 bits per heavy atom. The zero-order valence-corrected chi connectivity index (χ0v) is 10.4. The third-order valence-electron chi connectivity index (χ3n) is 3.43. The summed E-state index contributed by atoms with van der Waals surface area (Å²) in [6.07, 6.45) is 0. The van der Waals surface area contributed by atoms with E-state index in [2.05, 4.69) is 28.5 Å². The van der Waals surface area contributed by atoms with Crippen LogP contribution in [-0.2, 0) is 4.79 Å². The molecule has 3 rings (SSSR count). The standard InChI is InChI=1S/C15H14N2O/c1-9-12-8-13(11-6-4-3-5-7-11)10(2)16-14(12)17-15(9)18/h3-9H,1-2H3,(H,16,17,18). The van der Waals surface area contributed by atoms with Gasteiger partial charge in [0.05, 0.1) is 5.92 Å². The van der Waals surface area contributed by atoms with Gasteiger partial charge in [0.1, 0.15) is 5.82 Å². The zero-order chi connectivity index (χ0) is 12.7. The Morgan fingerprint density at radius 1 is 1.22 bits per heavy atom. The molecule has 1 atom stereocenters. The highest BCUT2D eigenvalue weighted by Gasteiger charge is 2.28. The predicted octanol–water partition coefficient (Wildman–Crippen LogP) is 3.11. The van der Waals surface area contributed by atoms with Gasteiger partial charge in [-0.05, 0) is 25.5 Å². The van der Waals surface area contributed by atoms with Crippen LogP contribution in [0.15, 0.2) is 36.4 Å². The van der Waals surface area contributed by atoms with Crippen molar-refractivity contribution in [2.45, 2.75) is 19.8 Å². The van der Waals surface area contributed by atoms with Gasteiger partial charge in [-0.2, -0.15) is 0 Å². The second-order valence-corrected chi connectivity index (χ2v) is 4.64. The smallest absolute Gasteiger partial charge is 0.232 e. The topological polar surface area (TPSA) is 42.0 Å². The van der Waals surface area contributed by atoms with Gasteiger partial charge in [-0.1, -0.05) is 30.3 Å². The molecule has 2 heterocycles. The SMILES string of the molecule is Cc1nc2c(cc1-c1ccccc1)C(C)C(=O)N2. The van der Waals surface area contributed by atoms with Gasteiger partial charge in [0.2, 0.25) is 5.91 Å². The molecular weight excluding hydrogens is 224 g/mol. The van der Waals surface area contributed by atoms with Crippen molar-refractivity contribution in [3.63, 3.8) is 0 Å². The highest BCUT2D eigenvalue weighted by Crippen LogP contribution is 2.35. The molecule has 0 radical (unpaired) electrons. The van der Waals surface area contributed by atoms with Gasteiger partial charge < -0.3 is 5.32 Å². The molecule has 0 saturated heterocycles. The third kappa shape index (κ3) is 1.59. The molecule has 0 bridgehead atoms. The van der Waals surface area contributed by atoms with E-state index in [1.807, 2.05) is 32.0 Å². The number of hydrogen-bond donors (Lipinski definition) is 1. The summed E-state index contributed by atoms with van der Waals surface area (Å²) >= 11 is 0. The first-order chi connectivity index (χ1) is 8.66. The first-order valence-corrected chi connectivity index (χ1v) is 6.04. The van der Waals surface area contributed by atoms with Crippen LogP contribution >= 0.6 is 0 Å². The van der Waals surface area contributed by atoms with Gasteiger partial charge in [-0.3, -0.25) is 4.79 Å². The Labute approximate surface area is 106 Å². The second kappa shape index (κ2) is 3.95. The Kier molecular flexibility index (Phi) is 2.40. The maximum Gasteiger partial charge on any atom is 0.232 e. The van der Waals surface area contributed by atoms with Gasteiger partial charge in [0.15, 0.2) is 0 Å². The summed E-state index contributed by atoms with van der Waals surface area (Å²) < 4.78 is 0. The molecule has 3 heteroatoms. The van der Waals surface area contributed by atoms with E-state index in [-0.39, 0.29) is 11.8 Å². The van der Waals surface area contributed by atoms with Crippen LogP contribution in [0.5, 0.6) is 0 Å². The van der Waals surface area contributed by atoms with E-state index in [1.165, 1.54) is 0 Å². The number of benzene rings is 1. The highest BCUT2D eigenvalue weighted by molar-refractivity contribution is 6.02. The number of anilines is 1. The number of rotatable bonds is 1. The summed E-state index contributed by atoms with van der Waals surface area (Å²) in [4.78, 5) is 16.1. The maximum atomic E-state index is 11.6. The van der Waals surface area contributed by atoms with Crippen LogP contribution in [0, 0.1) is 6.92 Å². The summed E-state index contributed by atoms with van der Waals surface area (Å²) in [5.74, 6) is 0.627. The average Bonchev–Trinajstić information content (AvgIpc) is 2.65. The van der Waals surface area contributed by atoms with Crippen LogP contribution in [0.3, 0.4) is 0 Å². The fourth-order valence-electron chi connectivity index (χ4n) is 2.33. The molecular formula is C15H14N2O. The lowest BCUT2D eigenvalue weighted by atomic mass is 9.98. The molecule has 1 amide bonds. The van der Waals surface area contributed by atoms with E-state index in [0.29, 0.717) is 5.82 Å². The number of nitrogens with one attached hydrogen (secondary N) is 1. The first kappa shape index (κ1) is 11.0. The number of hydrogen-bond acceptors (Lipinski definition) is 2. The molecule has 1 unspecified atom stereocenters. The van der Waals surface area contributed by atoms with E-state index in [4.69, 9.17) is 0 Å². The summed E-state index contributed by atoms with van der Waals surface area (Å²) in [6.45, 7) is 3.88. The van der Waals surface area contributed by atoms with Gasteiger partial charge >= 0.3 is 0 Å². The van der Waals surface area contributed by atoms with Crippen molar-refractivity contribution in [2.75, 3.05) is 5.32 Å². The Morgan fingerprint density at radius 3 is 2.67 bits per heavy atom. The van der Waals surface area contributed by atoms with E-state index in [1.54, 1.807) is 0 Å². The fourth-order valence-corrected chi connectivity index (χ4v) is 2.33. The molecule has 0 fully saturated rings. The van der Waals surface area contributed by atoms with Crippen LogP contribution in [0.4, 0.5) is 5.82 Å². The Hall–Kier alpha value is -2.16. The van der Waals surface area contributed by atoms with Crippen LogP contribution in [0.2, 0.25) is 0 Å².